The van der Waals surface area contributed by atoms with Gasteiger partial charge in [0.2, 0.25) is 0 Å². The summed E-state index contributed by atoms with van der Waals surface area (Å²) in [4.78, 5) is 10.2. The Kier molecular flexibility index (Phi) is 2.02. The highest BCUT2D eigenvalue weighted by Crippen LogP contribution is 2.00. The highest BCUT2D eigenvalue weighted by Gasteiger charge is 1.94. The Morgan fingerprint density at radius 1 is 1.00 bits per heavy atom. The van der Waals surface area contributed by atoms with E-state index in [-0.39, 0.29) is 5.92 Å². The molecule has 0 aromatic rings. The maximum Gasteiger partial charge on any atom is 0.130 e. The van der Waals surface area contributed by atoms with Crippen LogP contribution in [0.15, 0.2) is 36.5 Å². The van der Waals surface area contributed by atoms with Gasteiger partial charge in [0, 0.05) is 0 Å². The lowest BCUT2D eigenvalue weighted by atomic mass is 10.1. The van der Waals surface area contributed by atoms with Gasteiger partial charge in [0.05, 0.1) is 5.92 Å². The molecule has 0 aromatic heterocycles. The molecule has 0 saturated heterocycles. The van der Waals surface area contributed by atoms with Crippen LogP contribution in [0.4, 0.5) is 0 Å². The highest BCUT2D eigenvalue weighted by atomic mass is 16.1. The molecule has 1 nitrogen and oxygen atoms in total. The van der Waals surface area contributed by atoms with Crippen LogP contribution in [0, 0.1) is 5.92 Å². The summed E-state index contributed by atoms with van der Waals surface area (Å²) in [5.74, 6) is -0.0278. The van der Waals surface area contributed by atoms with E-state index in [0.29, 0.717) is 0 Å². The molecule has 0 unspecified atom stereocenters. The van der Waals surface area contributed by atoms with Gasteiger partial charge >= 0.3 is 0 Å². The van der Waals surface area contributed by atoms with E-state index >= 15 is 0 Å². The zero-order valence-corrected chi connectivity index (χ0v) is 5.03. The monoisotopic (exact) mass is 120 g/mol. The lowest BCUT2D eigenvalue weighted by Crippen LogP contribution is -1.89. The second kappa shape index (κ2) is 3.02. The van der Waals surface area contributed by atoms with Gasteiger partial charge in [-0.1, -0.05) is 36.5 Å². The molecule has 1 aliphatic rings. The Labute approximate surface area is 54.4 Å². The zero-order chi connectivity index (χ0) is 6.53. The first-order valence-corrected chi connectivity index (χ1v) is 2.90. The summed E-state index contributed by atoms with van der Waals surface area (Å²) < 4.78 is 0. The van der Waals surface area contributed by atoms with E-state index in [0.717, 1.165) is 6.29 Å². The standard InChI is InChI=1S/C8H8O/c9-7-8-5-3-1-2-4-6-8/h1-8H. The fourth-order valence-electron chi connectivity index (χ4n) is 0.668. The van der Waals surface area contributed by atoms with E-state index in [1.54, 1.807) is 0 Å². The third-order valence-electron chi connectivity index (χ3n) is 1.16. The van der Waals surface area contributed by atoms with Crippen LogP contribution in [0.2, 0.25) is 0 Å². The number of hydrogen-bond acceptors (Lipinski definition) is 1. The summed E-state index contributed by atoms with van der Waals surface area (Å²) in [6.45, 7) is 0. The summed E-state index contributed by atoms with van der Waals surface area (Å²) in [7, 11) is 0. The lowest BCUT2D eigenvalue weighted by molar-refractivity contribution is -0.108. The van der Waals surface area contributed by atoms with Crippen molar-refractivity contribution < 1.29 is 4.79 Å². The number of allylic oxidation sites excluding steroid dienone is 6. The van der Waals surface area contributed by atoms with Gasteiger partial charge in [0.25, 0.3) is 0 Å². The van der Waals surface area contributed by atoms with Crippen molar-refractivity contribution in [2.24, 2.45) is 5.92 Å². The Balaban J connectivity index is 2.69. The molecule has 1 aliphatic carbocycles. The van der Waals surface area contributed by atoms with E-state index < -0.39 is 0 Å². The van der Waals surface area contributed by atoms with E-state index in [1.165, 1.54) is 0 Å². The number of rotatable bonds is 1. The molecule has 9 heavy (non-hydrogen) atoms. The fraction of sp³-hybridized carbons (Fsp3) is 0.125. The van der Waals surface area contributed by atoms with E-state index in [9.17, 15) is 4.79 Å². The molecule has 0 radical (unpaired) electrons. The molecular weight excluding hydrogens is 112 g/mol. The smallest absolute Gasteiger partial charge is 0.130 e. The van der Waals surface area contributed by atoms with E-state index in [4.69, 9.17) is 0 Å². The van der Waals surface area contributed by atoms with Crippen LogP contribution in [0.1, 0.15) is 0 Å². The summed E-state index contributed by atoms with van der Waals surface area (Å²) in [6, 6.07) is 0. The second-order valence-corrected chi connectivity index (χ2v) is 1.87. The maximum atomic E-state index is 10.2. The average molecular weight is 120 g/mol. The number of aldehydes is 1. The minimum atomic E-state index is -0.0278. The maximum absolute atomic E-state index is 10.2. The Bertz CT molecular complexity index is 159. The number of hydrogen-bond donors (Lipinski definition) is 0. The Morgan fingerprint density at radius 3 is 2.00 bits per heavy atom. The molecule has 0 spiro atoms. The summed E-state index contributed by atoms with van der Waals surface area (Å²) >= 11 is 0. The molecule has 0 aromatic carbocycles. The minimum Gasteiger partial charge on any atom is -0.302 e. The molecule has 0 saturated carbocycles. The van der Waals surface area contributed by atoms with Gasteiger partial charge in [0.1, 0.15) is 6.29 Å². The van der Waals surface area contributed by atoms with Crippen molar-refractivity contribution >= 4 is 6.29 Å². The average Bonchev–Trinajstić information content (AvgIpc) is 2.13. The van der Waals surface area contributed by atoms with Crippen molar-refractivity contribution in [3.05, 3.63) is 36.5 Å². The topological polar surface area (TPSA) is 17.1 Å². The molecule has 0 heterocycles. The predicted octanol–water partition coefficient (Wildman–Crippen LogP) is 1.48. The van der Waals surface area contributed by atoms with Gasteiger partial charge < -0.3 is 4.79 Å². The van der Waals surface area contributed by atoms with Crippen molar-refractivity contribution in [1.29, 1.82) is 0 Å². The van der Waals surface area contributed by atoms with Gasteiger partial charge in [-0.2, -0.15) is 0 Å². The van der Waals surface area contributed by atoms with Crippen LogP contribution >= 0.6 is 0 Å². The molecule has 0 N–H and O–H groups in total. The van der Waals surface area contributed by atoms with E-state index in [1.807, 2.05) is 36.5 Å². The van der Waals surface area contributed by atoms with Gasteiger partial charge in [0.15, 0.2) is 0 Å². The van der Waals surface area contributed by atoms with Gasteiger partial charge in [-0.25, -0.2) is 0 Å². The van der Waals surface area contributed by atoms with Crippen LogP contribution < -0.4 is 0 Å². The zero-order valence-electron chi connectivity index (χ0n) is 5.03. The van der Waals surface area contributed by atoms with Crippen LogP contribution in [-0.4, -0.2) is 6.29 Å². The molecule has 0 atom stereocenters. The Morgan fingerprint density at radius 2 is 1.56 bits per heavy atom. The normalized spacial score (nSPS) is 17.8. The van der Waals surface area contributed by atoms with Gasteiger partial charge in [-0.3, -0.25) is 0 Å². The number of carbonyl (C=O) groups is 1. The summed E-state index contributed by atoms with van der Waals surface area (Å²) in [5, 5.41) is 0. The summed E-state index contributed by atoms with van der Waals surface area (Å²) in [5.41, 5.74) is 0. The largest absolute Gasteiger partial charge is 0.302 e. The summed E-state index contributed by atoms with van der Waals surface area (Å²) in [6.07, 6.45) is 12.2. The second-order valence-electron chi connectivity index (χ2n) is 1.87. The molecule has 46 valence electrons. The SMILES string of the molecule is O=CC1C=CC=CC=C1. The molecule has 1 heteroatoms. The van der Waals surface area contributed by atoms with Crippen LogP contribution in [0.5, 0.6) is 0 Å². The molecule has 0 bridgehead atoms. The van der Waals surface area contributed by atoms with Crippen molar-refractivity contribution in [3.63, 3.8) is 0 Å². The van der Waals surface area contributed by atoms with Crippen molar-refractivity contribution in [2.45, 2.75) is 0 Å². The predicted molar refractivity (Wildman–Crippen MR) is 37.0 cm³/mol. The van der Waals surface area contributed by atoms with Crippen LogP contribution in [0.25, 0.3) is 0 Å². The van der Waals surface area contributed by atoms with Crippen LogP contribution in [0.3, 0.4) is 0 Å². The van der Waals surface area contributed by atoms with E-state index in [2.05, 4.69) is 0 Å². The minimum absolute atomic E-state index is 0.0278. The van der Waals surface area contributed by atoms with Gasteiger partial charge in [-0.05, 0) is 0 Å². The third-order valence-corrected chi connectivity index (χ3v) is 1.16. The molecule has 1 rings (SSSR count). The van der Waals surface area contributed by atoms with Crippen molar-refractivity contribution in [3.8, 4) is 0 Å². The van der Waals surface area contributed by atoms with Crippen molar-refractivity contribution in [2.75, 3.05) is 0 Å². The molecule has 0 fully saturated rings. The van der Waals surface area contributed by atoms with Crippen LogP contribution in [-0.2, 0) is 4.79 Å². The number of carbonyl (C=O) groups excluding carboxylic acids is 1. The van der Waals surface area contributed by atoms with Crippen molar-refractivity contribution in [1.82, 2.24) is 0 Å². The highest BCUT2D eigenvalue weighted by molar-refractivity contribution is 5.60. The first kappa shape index (κ1) is 6.02. The fourth-order valence-corrected chi connectivity index (χ4v) is 0.668. The molecular formula is C8H8O. The molecule has 0 aliphatic heterocycles. The molecule has 0 amide bonds. The third kappa shape index (κ3) is 1.68. The first-order valence-electron chi connectivity index (χ1n) is 2.90. The quantitative estimate of drug-likeness (QED) is 0.479. The first-order chi connectivity index (χ1) is 4.43. The lowest BCUT2D eigenvalue weighted by Gasteiger charge is -1.89. The van der Waals surface area contributed by atoms with Gasteiger partial charge in [-0.15, -0.1) is 0 Å². The Hall–Kier alpha value is -1.11.